The molecule has 20 heavy (non-hydrogen) atoms. The minimum Gasteiger partial charge on any atom is -0.493 e. The minimum atomic E-state index is 0.543. The number of aromatic nitrogens is 3. The monoisotopic (exact) mass is 295 g/mol. The van der Waals surface area contributed by atoms with Crippen molar-refractivity contribution >= 4 is 12.2 Å². The molecule has 0 bridgehead atoms. The molecular formula is C13H17N3O3S. The maximum Gasteiger partial charge on any atom is 0.195 e. The van der Waals surface area contributed by atoms with Crippen LogP contribution in [-0.2, 0) is 11.3 Å². The van der Waals surface area contributed by atoms with Gasteiger partial charge in [0.05, 0.1) is 32.9 Å². The Kier molecular flexibility index (Phi) is 4.75. The van der Waals surface area contributed by atoms with Gasteiger partial charge in [-0.25, -0.2) is 0 Å². The van der Waals surface area contributed by atoms with Gasteiger partial charge in [-0.2, -0.15) is 5.10 Å². The van der Waals surface area contributed by atoms with Crippen LogP contribution in [0.5, 0.6) is 11.5 Å². The van der Waals surface area contributed by atoms with E-state index in [1.807, 2.05) is 22.8 Å². The first-order chi connectivity index (χ1) is 9.72. The standard InChI is InChI=1S/C13H17N3O3S/c1-17-8-7-16-12(14-15-13(16)20)9-5-4-6-10(18-2)11(9)19-3/h4-6H,7-8H2,1-3H3,(H,15,20). The van der Waals surface area contributed by atoms with E-state index in [0.717, 1.165) is 5.56 Å². The minimum absolute atomic E-state index is 0.543. The summed E-state index contributed by atoms with van der Waals surface area (Å²) in [5, 5.41) is 7.07. The van der Waals surface area contributed by atoms with Crippen LogP contribution >= 0.6 is 12.2 Å². The summed E-state index contributed by atoms with van der Waals surface area (Å²) in [7, 11) is 4.85. The molecule has 1 aromatic heterocycles. The number of H-pyrrole nitrogens is 1. The first kappa shape index (κ1) is 14.5. The van der Waals surface area contributed by atoms with Crippen molar-refractivity contribution in [1.29, 1.82) is 0 Å². The van der Waals surface area contributed by atoms with Crippen LogP contribution in [-0.4, -0.2) is 42.7 Å². The first-order valence-corrected chi connectivity index (χ1v) is 6.49. The molecule has 0 saturated carbocycles. The molecule has 1 heterocycles. The number of rotatable bonds is 6. The number of para-hydroxylation sites is 1. The zero-order valence-electron chi connectivity index (χ0n) is 11.7. The third kappa shape index (κ3) is 2.68. The first-order valence-electron chi connectivity index (χ1n) is 6.08. The summed E-state index contributed by atoms with van der Waals surface area (Å²) in [6.45, 7) is 1.16. The molecule has 7 heteroatoms. The van der Waals surface area contributed by atoms with Crippen LogP contribution in [0.4, 0.5) is 0 Å². The van der Waals surface area contributed by atoms with E-state index >= 15 is 0 Å². The molecule has 108 valence electrons. The third-order valence-electron chi connectivity index (χ3n) is 2.92. The maximum atomic E-state index is 5.43. The largest absolute Gasteiger partial charge is 0.493 e. The van der Waals surface area contributed by atoms with Gasteiger partial charge in [0.15, 0.2) is 22.1 Å². The quantitative estimate of drug-likeness (QED) is 0.828. The molecule has 0 aliphatic rings. The van der Waals surface area contributed by atoms with Gasteiger partial charge >= 0.3 is 0 Å². The van der Waals surface area contributed by atoms with Gasteiger partial charge in [-0.3, -0.25) is 9.67 Å². The van der Waals surface area contributed by atoms with Crippen molar-refractivity contribution in [1.82, 2.24) is 14.8 Å². The van der Waals surface area contributed by atoms with Crippen LogP contribution in [0.1, 0.15) is 0 Å². The molecule has 0 spiro atoms. The van der Waals surface area contributed by atoms with E-state index in [1.54, 1.807) is 21.3 Å². The van der Waals surface area contributed by atoms with Gasteiger partial charge in [-0.05, 0) is 24.4 Å². The normalized spacial score (nSPS) is 10.6. The summed E-state index contributed by atoms with van der Waals surface area (Å²) in [5.41, 5.74) is 0.815. The Morgan fingerprint density at radius 2 is 2.05 bits per heavy atom. The Bertz CT molecular complexity index is 636. The highest BCUT2D eigenvalue weighted by Gasteiger charge is 2.16. The molecular weight excluding hydrogens is 278 g/mol. The molecule has 0 aliphatic carbocycles. The van der Waals surface area contributed by atoms with Gasteiger partial charge in [-0.1, -0.05) is 6.07 Å². The number of ether oxygens (including phenoxy) is 3. The van der Waals surface area contributed by atoms with Crippen molar-refractivity contribution in [2.45, 2.75) is 6.54 Å². The number of hydrogen-bond donors (Lipinski definition) is 1. The Balaban J connectivity index is 2.54. The van der Waals surface area contributed by atoms with Crippen molar-refractivity contribution in [3.05, 3.63) is 23.0 Å². The number of aromatic amines is 1. The second kappa shape index (κ2) is 6.53. The van der Waals surface area contributed by atoms with Crippen molar-refractivity contribution in [2.24, 2.45) is 0 Å². The Labute approximate surface area is 122 Å². The molecule has 0 radical (unpaired) electrons. The summed E-state index contributed by atoms with van der Waals surface area (Å²) in [6, 6.07) is 5.63. The zero-order chi connectivity index (χ0) is 14.5. The lowest BCUT2D eigenvalue weighted by atomic mass is 10.1. The Morgan fingerprint density at radius 3 is 2.70 bits per heavy atom. The molecule has 0 saturated heterocycles. The van der Waals surface area contributed by atoms with E-state index in [9.17, 15) is 0 Å². The molecule has 0 fully saturated rings. The molecule has 2 aromatic rings. The number of methoxy groups -OCH3 is 3. The maximum absolute atomic E-state index is 5.43. The summed E-state index contributed by atoms with van der Waals surface area (Å²) in [6.07, 6.45) is 0. The Morgan fingerprint density at radius 1 is 1.25 bits per heavy atom. The lowest BCUT2D eigenvalue weighted by Crippen LogP contribution is -2.07. The predicted molar refractivity (Wildman–Crippen MR) is 77.8 cm³/mol. The third-order valence-corrected chi connectivity index (χ3v) is 3.23. The number of nitrogens with one attached hydrogen (secondary N) is 1. The lowest BCUT2D eigenvalue weighted by molar-refractivity contribution is 0.187. The van der Waals surface area contributed by atoms with Gasteiger partial charge in [0.25, 0.3) is 0 Å². The van der Waals surface area contributed by atoms with E-state index in [2.05, 4.69) is 10.2 Å². The van der Waals surface area contributed by atoms with Crippen molar-refractivity contribution in [3.63, 3.8) is 0 Å². The predicted octanol–water partition coefficient (Wildman–Crippen LogP) is 2.27. The topological polar surface area (TPSA) is 61.3 Å². The summed E-state index contributed by atoms with van der Waals surface area (Å²) >= 11 is 5.24. The fourth-order valence-electron chi connectivity index (χ4n) is 1.98. The van der Waals surface area contributed by atoms with Crippen LogP contribution in [0.3, 0.4) is 0 Å². The molecule has 6 nitrogen and oxygen atoms in total. The van der Waals surface area contributed by atoms with Gasteiger partial charge < -0.3 is 14.2 Å². The highest BCUT2D eigenvalue weighted by atomic mass is 32.1. The number of benzene rings is 1. The molecule has 0 unspecified atom stereocenters. The highest BCUT2D eigenvalue weighted by Crippen LogP contribution is 2.36. The van der Waals surface area contributed by atoms with Crippen molar-refractivity contribution in [3.8, 4) is 22.9 Å². The van der Waals surface area contributed by atoms with E-state index < -0.39 is 0 Å². The van der Waals surface area contributed by atoms with Gasteiger partial charge in [0, 0.05) is 7.11 Å². The number of nitrogens with zero attached hydrogens (tertiary/aromatic N) is 2. The van der Waals surface area contributed by atoms with E-state index in [4.69, 9.17) is 26.4 Å². The lowest BCUT2D eigenvalue weighted by Gasteiger charge is -2.13. The summed E-state index contributed by atoms with van der Waals surface area (Å²) in [5.74, 6) is 1.97. The molecule has 0 atom stereocenters. The van der Waals surface area contributed by atoms with Crippen LogP contribution < -0.4 is 9.47 Å². The van der Waals surface area contributed by atoms with E-state index in [1.165, 1.54) is 0 Å². The molecule has 1 N–H and O–H groups in total. The fraction of sp³-hybridized carbons (Fsp3) is 0.385. The highest BCUT2D eigenvalue weighted by molar-refractivity contribution is 7.71. The van der Waals surface area contributed by atoms with E-state index in [-0.39, 0.29) is 0 Å². The van der Waals surface area contributed by atoms with E-state index in [0.29, 0.717) is 35.2 Å². The smallest absolute Gasteiger partial charge is 0.195 e. The Hall–Kier alpha value is -1.86. The molecule has 2 rings (SSSR count). The number of hydrogen-bond acceptors (Lipinski definition) is 5. The zero-order valence-corrected chi connectivity index (χ0v) is 12.5. The molecule has 0 amide bonds. The average molecular weight is 295 g/mol. The average Bonchev–Trinajstić information content (AvgIpc) is 2.84. The fourth-order valence-corrected chi connectivity index (χ4v) is 2.20. The van der Waals surface area contributed by atoms with Gasteiger partial charge in [0.2, 0.25) is 0 Å². The van der Waals surface area contributed by atoms with Gasteiger partial charge in [-0.15, -0.1) is 0 Å². The summed E-state index contributed by atoms with van der Waals surface area (Å²) in [4.78, 5) is 0. The summed E-state index contributed by atoms with van der Waals surface area (Å²) < 4.78 is 18.2. The van der Waals surface area contributed by atoms with Crippen LogP contribution in [0.25, 0.3) is 11.4 Å². The second-order valence-corrected chi connectivity index (χ2v) is 4.42. The van der Waals surface area contributed by atoms with Crippen LogP contribution in [0.2, 0.25) is 0 Å². The van der Waals surface area contributed by atoms with Crippen molar-refractivity contribution < 1.29 is 14.2 Å². The van der Waals surface area contributed by atoms with Crippen LogP contribution in [0, 0.1) is 4.77 Å². The molecule has 0 aliphatic heterocycles. The second-order valence-electron chi connectivity index (χ2n) is 4.04. The van der Waals surface area contributed by atoms with Gasteiger partial charge in [0.1, 0.15) is 0 Å². The molecule has 1 aromatic carbocycles. The van der Waals surface area contributed by atoms with Crippen molar-refractivity contribution in [2.75, 3.05) is 27.9 Å². The van der Waals surface area contributed by atoms with Crippen LogP contribution in [0.15, 0.2) is 18.2 Å². The SMILES string of the molecule is COCCn1c(-c2cccc(OC)c2OC)n[nH]c1=S.